The first-order valence-electron chi connectivity index (χ1n) is 10.9. The molecule has 1 N–H and O–H groups in total. The Morgan fingerprint density at radius 1 is 1.00 bits per heavy atom. The molecule has 2 aliphatic heterocycles. The van der Waals surface area contributed by atoms with Crippen LogP contribution in [0, 0.1) is 6.92 Å². The second-order valence-corrected chi connectivity index (χ2v) is 9.48. The fourth-order valence-electron chi connectivity index (χ4n) is 4.31. The fraction of sp³-hybridized carbons (Fsp3) is 0.375. The fourth-order valence-corrected chi connectivity index (χ4v) is 5.89. The van der Waals surface area contributed by atoms with E-state index in [-0.39, 0.29) is 5.91 Å². The number of hydrogen-bond donors (Lipinski definition) is 1. The number of carbonyl (C=O) groups is 1. The third kappa shape index (κ3) is 4.18. The molecule has 0 unspecified atom stereocenters. The van der Waals surface area contributed by atoms with Crippen molar-refractivity contribution >= 4 is 56.0 Å². The summed E-state index contributed by atoms with van der Waals surface area (Å²) >= 11 is 8.08. The van der Waals surface area contributed by atoms with Crippen LogP contribution in [0.1, 0.15) is 15.2 Å². The number of hydrogen-bond acceptors (Lipinski definition) is 6. The quantitative estimate of drug-likeness (QED) is 0.593. The summed E-state index contributed by atoms with van der Waals surface area (Å²) in [5, 5.41) is 4.62. The molecule has 3 aromatic rings. The van der Waals surface area contributed by atoms with Crippen LogP contribution in [0.3, 0.4) is 0 Å². The number of ether oxygens (including phenoxy) is 2. The van der Waals surface area contributed by atoms with Gasteiger partial charge in [-0.1, -0.05) is 23.7 Å². The smallest absolute Gasteiger partial charge is 0.267 e. The minimum atomic E-state index is -0.177. The summed E-state index contributed by atoms with van der Waals surface area (Å²) in [4.78, 5) is 18.4. The minimum Gasteiger partial charge on any atom is -0.378 e. The van der Waals surface area contributed by atoms with Crippen LogP contribution < -0.4 is 15.1 Å². The van der Waals surface area contributed by atoms with E-state index < -0.39 is 0 Å². The third-order valence-corrected chi connectivity index (χ3v) is 7.67. The molecule has 0 spiro atoms. The predicted molar refractivity (Wildman–Crippen MR) is 132 cm³/mol. The molecule has 1 amide bonds. The highest BCUT2D eigenvalue weighted by Gasteiger charge is 2.22. The summed E-state index contributed by atoms with van der Waals surface area (Å²) in [7, 11) is 0. The molecule has 168 valence electrons. The molecule has 32 heavy (non-hydrogen) atoms. The van der Waals surface area contributed by atoms with Gasteiger partial charge in [0.05, 0.1) is 42.8 Å². The van der Waals surface area contributed by atoms with Crippen LogP contribution in [0.15, 0.2) is 36.4 Å². The van der Waals surface area contributed by atoms with E-state index >= 15 is 0 Å². The molecule has 2 saturated heterocycles. The molecular weight excluding hydrogens is 446 g/mol. The first-order chi connectivity index (χ1) is 15.6. The first kappa shape index (κ1) is 21.5. The molecule has 0 radical (unpaired) electrons. The van der Waals surface area contributed by atoms with Gasteiger partial charge in [0, 0.05) is 42.0 Å². The summed E-state index contributed by atoms with van der Waals surface area (Å²) in [6, 6.07) is 12.3. The van der Waals surface area contributed by atoms with E-state index in [0.29, 0.717) is 23.1 Å². The number of carbonyl (C=O) groups excluding carboxylic acids is 1. The molecule has 2 fully saturated rings. The van der Waals surface area contributed by atoms with Gasteiger partial charge in [-0.2, -0.15) is 0 Å². The Balaban J connectivity index is 1.47. The Morgan fingerprint density at radius 3 is 2.38 bits per heavy atom. The SMILES string of the molecule is Cc1cccc2sc(C(=O)Nc3ccc(N4CCOCC4)cc3N3CCOCC3)c(Cl)c12. The van der Waals surface area contributed by atoms with E-state index in [2.05, 4.69) is 27.2 Å². The van der Waals surface area contributed by atoms with Crippen molar-refractivity contribution in [3.63, 3.8) is 0 Å². The highest BCUT2D eigenvalue weighted by Crippen LogP contribution is 2.39. The maximum Gasteiger partial charge on any atom is 0.267 e. The normalized spacial score (nSPS) is 17.1. The van der Waals surface area contributed by atoms with Crippen LogP contribution in [-0.2, 0) is 9.47 Å². The third-order valence-electron chi connectivity index (χ3n) is 6.03. The molecule has 2 aliphatic rings. The molecule has 1 aromatic heterocycles. The lowest BCUT2D eigenvalue weighted by atomic mass is 10.1. The molecule has 2 aromatic carbocycles. The number of nitrogens with one attached hydrogen (secondary N) is 1. The average molecular weight is 472 g/mol. The van der Waals surface area contributed by atoms with Crippen LogP contribution in [0.25, 0.3) is 10.1 Å². The van der Waals surface area contributed by atoms with Crippen molar-refractivity contribution in [3.8, 4) is 0 Å². The van der Waals surface area contributed by atoms with E-state index in [9.17, 15) is 4.79 Å². The number of halogens is 1. The van der Waals surface area contributed by atoms with E-state index in [1.54, 1.807) is 0 Å². The summed E-state index contributed by atoms with van der Waals surface area (Å²) in [6.45, 7) is 8.15. The second-order valence-electron chi connectivity index (χ2n) is 8.05. The maximum atomic E-state index is 13.3. The van der Waals surface area contributed by atoms with Crippen molar-refractivity contribution in [2.75, 3.05) is 67.7 Å². The number of benzene rings is 2. The second kappa shape index (κ2) is 9.27. The van der Waals surface area contributed by atoms with Crippen LogP contribution >= 0.6 is 22.9 Å². The highest BCUT2D eigenvalue weighted by atomic mass is 35.5. The van der Waals surface area contributed by atoms with Gasteiger partial charge in [-0.25, -0.2) is 0 Å². The molecule has 0 atom stereocenters. The Hall–Kier alpha value is -2.32. The number of thiophene rings is 1. The van der Waals surface area contributed by atoms with Crippen molar-refractivity contribution in [2.45, 2.75) is 6.92 Å². The van der Waals surface area contributed by atoms with Crippen molar-refractivity contribution in [3.05, 3.63) is 51.9 Å². The van der Waals surface area contributed by atoms with Crippen LogP contribution in [0.4, 0.5) is 17.1 Å². The molecule has 6 nitrogen and oxygen atoms in total. The Morgan fingerprint density at radius 2 is 1.69 bits per heavy atom. The van der Waals surface area contributed by atoms with Gasteiger partial charge in [0.1, 0.15) is 4.88 Å². The van der Waals surface area contributed by atoms with E-state index in [1.807, 2.05) is 31.2 Å². The van der Waals surface area contributed by atoms with Gasteiger partial charge < -0.3 is 24.6 Å². The number of anilines is 3. The predicted octanol–water partition coefficient (Wildman–Crippen LogP) is 4.79. The summed E-state index contributed by atoms with van der Waals surface area (Å²) in [5.41, 5.74) is 4.02. The minimum absolute atomic E-state index is 0.177. The average Bonchev–Trinajstić information content (AvgIpc) is 3.18. The number of fused-ring (bicyclic) bond motifs is 1. The molecule has 0 bridgehead atoms. The number of aryl methyl sites for hydroxylation is 1. The van der Waals surface area contributed by atoms with E-state index in [4.69, 9.17) is 21.1 Å². The number of nitrogens with zero attached hydrogens (tertiary/aromatic N) is 2. The summed E-state index contributed by atoms with van der Waals surface area (Å²) in [6.07, 6.45) is 0. The van der Waals surface area contributed by atoms with E-state index in [1.165, 1.54) is 11.3 Å². The number of morpholine rings is 2. The van der Waals surface area contributed by atoms with Gasteiger partial charge in [0.15, 0.2) is 0 Å². The summed E-state index contributed by atoms with van der Waals surface area (Å²) in [5.74, 6) is -0.177. The highest BCUT2D eigenvalue weighted by molar-refractivity contribution is 7.21. The Bertz CT molecular complexity index is 1140. The van der Waals surface area contributed by atoms with Gasteiger partial charge >= 0.3 is 0 Å². The maximum absolute atomic E-state index is 13.3. The van der Waals surface area contributed by atoms with Gasteiger partial charge in [0.2, 0.25) is 0 Å². The van der Waals surface area contributed by atoms with Crippen LogP contribution in [0.2, 0.25) is 5.02 Å². The van der Waals surface area contributed by atoms with Gasteiger partial charge in [-0.3, -0.25) is 4.79 Å². The van der Waals surface area contributed by atoms with Crippen LogP contribution in [-0.4, -0.2) is 58.5 Å². The molecule has 0 aliphatic carbocycles. The summed E-state index contributed by atoms with van der Waals surface area (Å²) < 4.78 is 12.1. The largest absolute Gasteiger partial charge is 0.378 e. The van der Waals surface area contributed by atoms with Crippen molar-refractivity contribution in [2.24, 2.45) is 0 Å². The zero-order chi connectivity index (χ0) is 22.1. The van der Waals surface area contributed by atoms with Crippen molar-refractivity contribution in [1.82, 2.24) is 0 Å². The Labute approximate surface area is 196 Å². The molecule has 3 heterocycles. The molecule has 0 saturated carbocycles. The van der Waals surface area contributed by atoms with Crippen LogP contribution in [0.5, 0.6) is 0 Å². The molecule has 8 heteroatoms. The standard InChI is InChI=1S/C24H26ClN3O3S/c1-16-3-2-4-20-21(16)22(25)23(32-20)24(29)26-18-6-5-17(27-7-11-30-12-8-27)15-19(18)28-9-13-31-14-10-28/h2-6,15H,7-14H2,1H3,(H,26,29). The van der Waals surface area contributed by atoms with Gasteiger partial charge in [0.25, 0.3) is 5.91 Å². The number of amides is 1. The first-order valence-corrected chi connectivity index (χ1v) is 12.1. The molecular formula is C24H26ClN3O3S. The van der Waals surface area contributed by atoms with Crippen molar-refractivity contribution in [1.29, 1.82) is 0 Å². The van der Waals surface area contributed by atoms with Gasteiger partial charge in [-0.05, 0) is 36.8 Å². The monoisotopic (exact) mass is 471 g/mol. The zero-order valence-electron chi connectivity index (χ0n) is 18.0. The lowest BCUT2D eigenvalue weighted by molar-refractivity contribution is 0.103. The molecule has 5 rings (SSSR count). The lowest BCUT2D eigenvalue weighted by Gasteiger charge is -2.33. The Kier molecular flexibility index (Phi) is 6.24. The van der Waals surface area contributed by atoms with E-state index in [0.717, 1.165) is 72.1 Å². The number of rotatable bonds is 4. The zero-order valence-corrected chi connectivity index (χ0v) is 19.6. The lowest BCUT2D eigenvalue weighted by Crippen LogP contribution is -2.38. The van der Waals surface area contributed by atoms with Crippen molar-refractivity contribution < 1.29 is 14.3 Å². The topological polar surface area (TPSA) is 54.0 Å². The van der Waals surface area contributed by atoms with Gasteiger partial charge in [-0.15, -0.1) is 11.3 Å².